The Morgan fingerprint density at radius 2 is 1.92 bits per heavy atom. The summed E-state index contributed by atoms with van der Waals surface area (Å²) in [6, 6.07) is 15.6. The Labute approximate surface area is 155 Å². The largest absolute Gasteiger partial charge is 0.324 e. The standard InChI is InChI=1S/C19H17ClN6/c1-2-11-26-16-10-6-4-8-14(16)17-18(26)22-19(25-23-17)24-21-12-13-7-3-5-9-15(13)20/h3-10,12H,2,11H2,1H3,(H,22,24,25)/b21-12+. The fourth-order valence-corrected chi connectivity index (χ4v) is 3.12. The second-order valence-corrected chi connectivity index (χ2v) is 6.28. The van der Waals surface area contributed by atoms with E-state index in [1.54, 1.807) is 6.21 Å². The van der Waals surface area contributed by atoms with Gasteiger partial charge in [-0.3, -0.25) is 0 Å². The van der Waals surface area contributed by atoms with Gasteiger partial charge >= 0.3 is 0 Å². The van der Waals surface area contributed by atoms with Gasteiger partial charge in [0.15, 0.2) is 5.65 Å². The topological polar surface area (TPSA) is 68.0 Å². The Balaban J connectivity index is 1.70. The SMILES string of the molecule is CCCn1c2ccccc2c2nnc(N/N=C/c3ccccc3Cl)nc21. The number of rotatable bonds is 5. The maximum atomic E-state index is 6.12. The van der Waals surface area contributed by atoms with Gasteiger partial charge in [-0.1, -0.05) is 54.9 Å². The van der Waals surface area contributed by atoms with Crippen molar-refractivity contribution in [2.45, 2.75) is 19.9 Å². The number of para-hydroxylation sites is 1. The van der Waals surface area contributed by atoms with Gasteiger partial charge < -0.3 is 4.57 Å². The van der Waals surface area contributed by atoms with E-state index in [-0.39, 0.29) is 0 Å². The second kappa shape index (κ2) is 7.09. The molecule has 0 unspecified atom stereocenters. The number of hydrogen-bond donors (Lipinski definition) is 1. The van der Waals surface area contributed by atoms with Crippen molar-refractivity contribution in [1.29, 1.82) is 0 Å². The van der Waals surface area contributed by atoms with Crippen molar-refractivity contribution in [3.05, 3.63) is 59.1 Å². The van der Waals surface area contributed by atoms with Gasteiger partial charge in [-0.05, 0) is 18.6 Å². The van der Waals surface area contributed by atoms with Crippen molar-refractivity contribution < 1.29 is 0 Å². The lowest BCUT2D eigenvalue weighted by molar-refractivity contribution is 0.716. The van der Waals surface area contributed by atoms with Gasteiger partial charge in [0, 0.05) is 22.5 Å². The van der Waals surface area contributed by atoms with Gasteiger partial charge in [0.05, 0.1) is 11.7 Å². The lowest BCUT2D eigenvalue weighted by Crippen LogP contribution is -2.03. The summed E-state index contributed by atoms with van der Waals surface area (Å²) >= 11 is 6.12. The quantitative estimate of drug-likeness (QED) is 0.418. The number of aryl methyl sites for hydroxylation is 1. The zero-order valence-electron chi connectivity index (χ0n) is 14.2. The Kier molecular flexibility index (Phi) is 4.50. The maximum absolute atomic E-state index is 6.12. The summed E-state index contributed by atoms with van der Waals surface area (Å²) < 4.78 is 2.17. The summed E-state index contributed by atoms with van der Waals surface area (Å²) in [6.07, 6.45) is 2.64. The Morgan fingerprint density at radius 3 is 2.77 bits per heavy atom. The highest BCUT2D eigenvalue weighted by molar-refractivity contribution is 6.33. The van der Waals surface area contributed by atoms with Crippen LogP contribution in [0.4, 0.5) is 5.95 Å². The molecule has 4 rings (SSSR count). The zero-order valence-corrected chi connectivity index (χ0v) is 15.0. The van der Waals surface area contributed by atoms with E-state index < -0.39 is 0 Å². The van der Waals surface area contributed by atoms with Crippen molar-refractivity contribution in [2.75, 3.05) is 5.43 Å². The van der Waals surface area contributed by atoms with E-state index in [1.807, 2.05) is 42.5 Å². The second-order valence-electron chi connectivity index (χ2n) is 5.87. The normalized spacial score (nSPS) is 11.6. The van der Waals surface area contributed by atoms with Crippen molar-refractivity contribution >= 4 is 45.8 Å². The molecule has 2 heterocycles. The highest BCUT2D eigenvalue weighted by atomic mass is 35.5. The van der Waals surface area contributed by atoms with Crippen LogP contribution in [0.3, 0.4) is 0 Å². The van der Waals surface area contributed by atoms with Crippen LogP contribution in [0.1, 0.15) is 18.9 Å². The Morgan fingerprint density at radius 1 is 1.12 bits per heavy atom. The molecule has 2 aromatic heterocycles. The predicted molar refractivity (Wildman–Crippen MR) is 106 cm³/mol. The van der Waals surface area contributed by atoms with E-state index in [0.717, 1.165) is 40.6 Å². The van der Waals surface area contributed by atoms with Crippen LogP contribution in [0, 0.1) is 0 Å². The van der Waals surface area contributed by atoms with Gasteiger partial charge in [0.25, 0.3) is 5.95 Å². The van der Waals surface area contributed by atoms with E-state index in [9.17, 15) is 0 Å². The number of benzene rings is 2. The average Bonchev–Trinajstić information content (AvgIpc) is 2.97. The molecule has 0 aliphatic rings. The first-order chi connectivity index (χ1) is 12.8. The molecular weight excluding hydrogens is 348 g/mol. The molecule has 0 aliphatic heterocycles. The minimum Gasteiger partial charge on any atom is -0.324 e. The minimum absolute atomic E-state index is 0.348. The third kappa shape index (κ3) is 2.99. The lowest BCUT2D eigenvalue weighted by atomic mass is 10.2. The van der Waals surface area contributed by atoms with Gasteiger partial charge in [-0.15, -0.1) is 10.2 Å². The van der Waals surface area contributed by atoms with Gasteiger partial charge in [0.2, 0.25) is 0 Å². The van der Waals surface area contributed by atoms with Crippen LogP contribution in [-0.2, 0) is 6.54 Å². The molecule has 0 saturated carbocycles. The van der Waals surface area contributed by atoms with Crippen LogP contribution in [0.5, 0.6) is 0 Å². The zero-order chi connectivity index (χ0) is 17.9. The molecule has 0 aliphatic carbocycles. The molecule has 1 N–H and O–H groups in total. The Hall–Kier alpha value is -2.99. The third-order valence-electron chi connectivity index (χ3n) is 4.09. The molecule has 2 aromatic carbocycles. The van der Waals surface area contributed by atoms with E-state index in [4.69, 9.17) is 11.6 Å². The summed E-state index contributed by atoms with van der Waals surface area (Å²) in [6.45, 7) is 3.01. The van der Waals surface area contributed by atoms with Gasteiger partial charge in [-0.25, -0.2) is 5.43 Å². The number of aromatic nitrogens is 4. The number of anilines is 1. The molecule has 6 nitrogen and oxygen atoms in total. The molecule has 0 bridgehead atoms. The van der Waals surface area contributed by atoms with Crippen LogP contribution in [0.15, 0.2) is 53.6 Å². The summed E-state index contributed by atoms with van der Waals surface area (Å²) in [5.41, 5.74) is 6.37. The predicted octanol–water partition coefficient (Wildman–Crippen LogP) is 4.49. The first-order valence-electron chi connectivity index (χ1n) is 8.43. The van der Waals surface area contributed by atoms with Crippen molar-refractivity contribution in [3.63, 3.8) is 0 Å². The summed E-state index contributed by atoms with van der Waals surface area (Å²) in [7, 11) is 0. The summed E-state index contributed by atoms with van der Waals surface area (Å²) in [5, 5.41) is 14.4. The highest BCUT2D eigenvalue weighted by Crippen LogP contribution is 2.26. The van der Waals surface area contributed by atoms with Crippen LogP contribution in [-0.4, -0.2) is 26.0 Å². The first-order valence-corrected chi connectivity index (χ1v) is 8.81. The van der Waals surface area contributed by atoms with E-state index in [1.165, 1.54) is 0 Å². The molecule has 7 heteroatoms. The third-order valence-corrected chi connectivity index (χ3v) is 4.44. The van der Waals surface area contributed by atoms with Crippen molar-refractivity contribution in [2.24, 2.45) is 5.10 Å². The maximum Gasteiger partial charge on any atom is 0.265 e. The molecule has 0 fully saturated rings. The van der Waals surface area contributed by atoms with E-state index >= 15 is 0 Å². The Bertz CT molecular complexity index is 1100. The molecule has 4 aromatic rings. The summed E-state index contributed by atoms with van der Waals surface area (Å²) in [4.78, 5) is 4.62. The van der Waals surface area contributed by atoms with Gasteiger partial charge in [-0.2, -0.15) is 10.1 Å². The van der Waals surface area contributed by atoms with Crippen LogP contribution in [0.2, 0.25) is 5.02 Å². The summed E-state index contributed by atoms with van der Waals surface area (Å²) in [5.74, 6) is 0.348. The number of nitrogens with one attached hydrogen (secondary N) is 1. The van der Waals surface area contributed by atoms with E-state index in [0.29, 0.717) is 11.0 Å². The highest BCUT2D eigenvalue weighted by Gasteiger charge is 2.13. The average molecular weight is 365 g/mol. The minimum atomic E-state index is 0.348. The van der Waals surface area contributed by atoms with Crippen molar-refractivity contribution in [3.8, 4) is 0 Å². The monoisotopic (exact) mass is 364 g/mol. The smallest absolute Gasteiger partial charge is 0.265 e. The molecule has 26 heavy (non-hydrogen) atoms. The molecule has 0 spiro atoms. The number of nitrogens with zero attached hydrogens (tertiary/aromatic N) is 5. The molecule has 0 atom stereocenters. The number of halogens is 1. The van der Waals surface area contributed by atoms with Crippen molar-refractivity contribution in [1.82, 2.24) is 19.7 Å². The molecular formula is C19H17ClN6. The number of hydrogen-bond acceptors (Lipinski definition) is 5. The molecule has 0 saturated heterocycles. The van der Waals surface area contributed by atoms with E-state index in [2.05, 4.69) is 43.3 Å². The molecule has 130 valence electrons. The number of fused-ring (bicyclic) bond motifs is 3. The molecule has 0 radical (unpaired) electrons. The van der Waals surface area contributed by atoms with Gasteiger partial charge in [0.1, 0.15) is 5.52 Å². The first kappa shape index (κ1) is 16.5. The fourth-order valence-electron chi connectivity index (χ4n) is 2.94. The van der Waals surface area contributed by atoms with Crippen LogP contribution < -0.4 is 5.43 Å². The molecule has 0 amide bonds. The van der Waals surface area contributed by atoms with Crippen LogP contribution >= 0.6 is 11.6 Å². The fraction of sp³-hybridized carbons (Fsp3) is 0.158. The number of hydrazone groups is 1. The lowest BCUT2D eigenvalue weighted by Gasteiger charge is -2.04. The van der Waals surface area contributed by atoms with Crippen LogP contribution in [0.25, 0.3) is 22.1 Å².